The maximum absolute atomic E-state index is 6.05. The van der Waals surface area contributed by atoms with Crippen LogP contribution in [0.15, 0.2) is 24.3 Å². The van der Waals surface area contributed by atoms with E-state index in [0.29, 0.717) is 6.10 Å². The van der Waals surface area contributed by atoms with E-state index >= 15 is 0 Å². The largest absolute Gasteiger partial charge is 0.490 e. The van der Waals surface area contributed by atoms with Gasteiger partial charge in [-0.1, -0.05) is 18.2 Å². The van der Waals surface area contributed by atoms with Crippen molar-refractivity contribution >= 4 is 0 Å². The van der Waals surface area contributed by atoms with Gasteiger partial charge in [0.15, 0.2) is 0 Å². The van der Waals surface area contributed by atoms with E-state index in [2.05, 4.69) is 18.2 Å². The predicted molar refractivity (Wildman–Crippen MR) is 66.7 cm³/mol. The van der Waals surface area contributed by atoms with Crippen LogP contribution in [0.4, 0.5) is 0 Å². The second-order valence-corrected chi connectivity index (χ2v) is 4.81. The molecule has 1 aromatic rings. The molecule has 1 aliphatic carbocycles. The van der Waals surface area contributed by atoms with E-state index in [1.165, 1.54) is 31.2 Å². The zero-order valence-electron chi connectivity index (χ0n) is 9.99. The van der Waals surface area contributed by atoms with Crippen molar-refractivity contribution in [2.24, 2.45) is 5.73 Å². The number of benzene rings is 1. The molecule has 16 heavy (non-hydrogen) atoms. The Morgan fingerprint density at radius 1 is 1.31 bits per heavy atom. The minimum absolute atomic E-state index is 0.188. The molecule has 88 valence electrons. The summed E-state index contributed by atoms with van der Waals surface area (Å²) >= 11 is 0. The number of para-hydroxylation sites is 1. The van der Waals surface area contributed by atoms with Crippen LogP contribution in [0.1, 0.15) is 38.2 Å². The normalized spacial score (nSPS) is 18.6. The van der Waals surface area contributed by atoms with Gasteiger partial charge in [-0.3, -0.25) is 0 Å². The molecule has 0 radical (unpaired) electrons. The monoisotopic (exact) mass is 219 g/mol. The van der Waals surface area contributed by atoms with Crippen molar-refractivity contribution in [1.82, 2.24) is 0 Å². The first kappa shape index (κ1) is 11.5. The molecule has 1 saturated carbocycles. The molecule has 1 unspecified atom stereocenters. The van der Waals surface area contributed by atoms with Crippen LogP contribution in [0.2, 0.25) is 0 Å². The fraction of sp³-hybridized carbons (Fsp3) is 0.571. The summed E-state index contributed by atoms with van der Waals surface area (Å²) in [6.45, 7) is 2.03. The Bertz CT molecular complexity index is 329. The second kappa shape index (κ2) is 5.35. The molecule has 2 N–H and O–H groups in total. The lowest BCUT2D eigenvalue weighted by Gasteiger charge is -2.17. The lowest BCUT2D eigenvalue weighted by molar-refractivity contribution is 0.207. The van der Waals surface area contributed by atoms with E-state index < -0.39 is 0 Å². The minimum Gasteiger partial charge on any atom is -0.490 e. The van der Waals surface area contributed by atoms with E-state index in [1.807, 2.05) is 13.0 Å². The molecule has 1 aliphatic rings. The summed E-state index contributed by atoms with van der Waals surface area (Å²) in [5.41, 5.74) is 7.09. The number of hydrogen-bond acceptors (Lipinski definition) is 2. The molecule has 0 amide bonds. The fourth-order valence-corrected chi connectivity index (χ4v) is 2.32. The van der Waals surface area contributed by atoms with Crippen LogP contribution in [0, 0.1) is 0 Å². The SMILES string of the molecule is CC(N)Cc1ccccc1OC1CCCC1. The van der Waals surface area contributed by atoms with Crippen LogP contribution < -0.4 is 10.5 Å². The Balaban J connectivity index is 2.06. The van der Waals surface area contributed by atoms with Gasteiger partial charge in [-0.05, 0) is 50.7 Å². The van der Waals surface area contributed by atoms with Crippen molar-refractivity contribution in [2.75, 3.05) is 0 Å². The topological polar surface area (TPSA) is 35.2 Å². The molecule has 0 bridgehead atoms. The molecule has 0 heterocycles. The summed E-state index contributed by atoms with van der Waals surface area (Å²) in [5, 5.41) is 0. The number of rotatable bonds is 4. The third kappa shape index (κ3) is 2.99. The zero-order chi connectivity index (χ0) is 11.4. The van der Waals surface area contributed by atoms with Crippen molar-refractivity contribution < 1.29 is 4.74 Å². The smallest absolute Gasteiger partial charge is 0.122 e. The number of hydrogen-bond donors (Lipinski definition) is 1. The Morgan fingerprint density at radius 3 is 2.69 bits per heavy atom. The summed E-state index contributed by atoms with van der Waals surface area (Å²) in [7, 11) is 0. The molecular weight excluding hydrogens is 198 g/mol. The number of ether oxygens (including phenoxy) is 1. The maximum Gasteiger partial charge on any atom is 0.122 e. The average Bonchev–Trinajstić information content (AvgIpc) is 2.73. The van der Waals surface area contributed by atoms with Gasteiger partial charge < -0.3 is 10.5 Å². The minimum atomic E-state index is 0.188. The Kier molecular flexibility index (Phi) is 3.83. The van der Waals surface area contributed by atoms with Gasteiger partial charge in [-0.25, -0.2) is 0 Å². The molecule has 0 spiro atoms. The van der Waals surface area contributed by atoms with Gasteiger partial charge in [-0.2, -0.15) is 0 Å². The average molecular weight is 219 g/mol. The molecule has 2 heteroatoms. The van der Waals surface area contributed by atoms with Gasteiger partial charge in [0.2, 0.25) is 0 Å². The van der Waals surface area contributed by atoms with Crippen molar-refractivity contribution in [3.63, 3.8) is 0 Å². The van der Waals surface area contributed by atoms with E-state index in [-0.39, 0.29) is 6.04 Å². The molecule has 1 aromatic carbocycles. The summed E-state index contributed by atoms with van der Waals surface area (Å²) in [5.74, 6) is 1.03. The predicted octanol–water partition coefficient (Wildman–Crippen LogP) is 2.90. The first-order valence-corrected chi connectivity index (χ1v) is 6.26. The summed E-state index contributed by atoms with van der Waals surface area (Å²) in [4.78, 5) is 0. The molecule has 0 aromatic heterocycles. The van der Waals surface area contributed by atoms with Gasteiger partial charge >= 0.3 is 0 Å². The van der Waals surface area contributed by atoms with E-state index in [0.717, 1.165) is 12.2 Å². The lowest BCUT2D eigenvalue weighted by atomic mass is 10.1. The first-order chi connectivity index (χ1) is 7.75. The second-order valence-electron chi connectivity index (χ2n) is 4.81. The van der Waals surface area contributed by atoms with Gasteiger partial charge in [0, 0.05) is 6.04 Å². The zero-order valence-corrected chi connectivity index (χ0v) is 9.99. The van der Waals surface area contributed by atoms with Crippen molar-refractivity contribution in [3.05, 3.63) is 29.8 Å². The number of nitrogens with two attached hydrogens (primary N) is 1. The molecule has 0 aliphatic heterocycles. The fourth-order valence-electron chi connectivity index (χ4n) is 2.32. The van der Waals surface area contributed by atoms with Crippen LogP contribution in [-0.2, 0) is 6.42 Å². The van der Waals surface area contributed by atoms with E-state index in [4.69, 9.17) is 10.5 Å². The Hall–Kier alpha value is -1.02. The van der Waals surface area contributed by atoms with Gasteiger partial charge in [0.25, 0.3) is 0 Å². The van der Waals surface area contributed by atoms with Crippen molar-refractivity contribution in [2.45, 2.75) is 51.2 Å². The van der Waals surface area contributed by atoms with Crippen LogP contribution in [-0.4, -0.2) is 12.1 Å². The third-order valence-electron chi connectivity index (χ3n) is 3.11. The van der Waals surface area contributed by atoms with Crippen LogP contribution in [0.5, 0.6) is 5.75 Å². The third-order valence-corrected chi connectivity index (χ3v) is 3.11. The lowest BCUT2D eigenvalue weighted by Crippen LogP contribution is -2.19. The molecule has 1 fully saturated rings. The standard InChI is InChI=1S/C14H21NO/c1-11(15)10-12-6-2-5-9-14(12)16-13-7-3-4-8-13/h2,5-6,9,11,13H,3-4,7-8,10,15H2,1H3. The Morgan fingerprint density at radius 2 is 2.00 bits per heavy atom. The van der Waals surface area contributed by atoms with Gasteiger partial charge in [0.05, 0.1) is 6.10 Å². The van der Waals surface area contributed by atoms with Gasteiger partial charge in [0.1, 0.15) is 5.75 Å². The molecule has 0 saturated heterocycles. The highest BCUT2D eigenvalue weighted by molar-refractivity contribution is 5.34. The van der Waals surface area contributed by atoms with E-state index in [9.17, 15) is 0 Å². The Labute approximate surface area is 97.8 Å². The summed E-state index contributed by atoms with van der Waals surface area (Å²) < 4.78 is 6.05. The van der Waals surface area contributed by atoms with Crippen LogP contribution in [0.3, 0.4) is 0 Å². The quantitative estimate of drug-likeness (QED) is 0.845. The summed E-state index contributed by atoms with van der Waals surface area (Å²) in [6, 6.07) is 8.46. The highest BCUT2D eigenvalue weighted by atomic mass is 16.5. The van der Waals surface area contributed by atoms with Crippen LogP contribution >= 0.6 is 0 Å². The van der Waals surface area contributed by atoms with Gasteiger partial charge in [-0.15, -0.1) is 0 Å². The molecule has 1 atom stereocenters. The maximum atomic E-state index is 6.05. The van der Waals surface area contributed by atoms with E-state index in [1.54, 1.807) is 0 Å². The summed E-state index contributed by atoms with van der Waals surface area (Å²) in [6.07, 6.45) is 6.33. The highest BCUT2D eigenvalue weighted by Crippen LogP contribution is 2.27. The molecule has 2 nitrogen and oxygen atoms in total. The first-order valence-electron chi connectivity index (χ1n) is 6.26. The van der Waals surface area contributed by atoms with Crippen LogP contribution in [0.25, 0.3) is 0 Å². The molecule has 2 rings (SSSR count). The molecular formula is C14H21NO. The van der Waals surface area contributed by atoms with Crippen molar-refractivity contribution in [3.8, 4) is 5.75 Å². The highest BCUT2D eigenvalue weighted by Gasteiger charge is 2.17. The van der Waals surface area contributed by atoms with Crippen molar-refractivity contribution in [1.29, 1.82) is 0 Å².